The third kappa shape index (κ3) is 3.65. The molecule has 1 aliphatic rings. The van der Waals surface area contributed by atoms with Crippen molar-refractivity contribution in [2.75, 3.05) is 6.54 Å². The van der Waals surface area contributed by atoms with E-state index in [-0.39, 0.29) is 12.5 Å². The Morgan fingerprint density at radius 3 is 2.45 bits per heavy atom. The molecule has 0 saturated carbocycles. The van der Waals surface area contributed by atoms with Crippen molar-refractivity contribution in [3.63, 3.8) is 0 Å². The lowest BCUT2D eigenvalue weighted by atomic mass is 10.0. The fraction of sp³-hybridized carbons (Fsp3) is 0.529. The van der Waals surface area contributed by atoms with Gasteiger partial charge in [-0.3, -0.25) is 9.69 Å². The smallest absolute Gasteiger partial charge is 0.324 e. The maximum absolute atomic E-state index is 12.3. The first-order valence-corrected chi connectivity index (χ1v) is 7.80. The minimum Gasteiger partial charge on any atom is -0.387 e. The minimum atomic E-state index is -0.863. The predicted molar refractivity (Wildman–Crippen MR) is 84.4 cm³/mol. The molecule has 3 amide bonds. The van der Waals surface area contributed by atoms with Gasteiger partial charge < -0.3 is 10.4 Å². The van der Waals surface area contributed by atoms with Gasteiger partial charge >= 0.3 is 6.03 Å². The summed E-state index contributed by atoms with van der Waals surface area (Å²) < 4.78 is 0. The number of unbranched alkanes of at least 4 members (excludes halogenated alkanes) is 1. The van der Waals surface area contributed by atoms with Gasteiger partial charge in [0, 0.05) is 0 Å². The zero-order valence-electron chi connectivity index (χ0n) is 13.4. The summed E-state index contributed by atoms with van der Waals surface area (Å²) in [7, 11) is 0. The van der Waals surface area contributed by atoms with Gasteiger partial charge in [0.05, 0.1) is 12.6 Å². The molecule has 120 valence electrons. The topological polar surface area (TPSA) is 69.6 Å². The van der Waals surface area contributed by atoms with Crippen LogP contribution >= 0.6 is 0 Å². The second kappa shape index (κ2) is 6.92. The van der Waals surface area contributed by atoms with Gasteiger partial charge in [-0.05, 0) is 25.8 Å². The average Bonchev–Trinajstić information content (AvgIpc) is 2.71. The van der Waals surface area contributed by atoms with E-state index in [0.717, 1.165) is 34.4 Å². The molecule has 2 N–H and O–H groups in total. The fourth-order valence-electron chi connectivity index (χ4n) is 2.83. The maximum atomic E-state index is 12.3. The van der Waals surface area contributed by atoms with Crippen LogP contribution in [-0.4, -0.2) is 34.5 Å². The van der Waals surface area contributed by atoms with E-state index in [0.29, 0.717) is 6.42 Å². The van der Waals surface area contributed by atoms with Crippen LogP contribution in [0.15, 0.2) is 18.2 Å². The summed E-state index contributed by atoms with van der Waals surface area (Å²) in [6.45, 7) is 5.95. The number of aliphatic hydroxyl groups is 1. The zero-order valence-corrected chi connectivity index (χ0v) is 13.4. The van der Waals surface area contributed by atoms with Gasteiger partial charge in [-0.1, -0.05) is 49.1 Å². The number of hydrogen-bond donors (Lipinski definition) is 2. The second-order valence-electron chi connectivity index (χ2n) is 6.03. The number of nitrogens with zero attached hydrogens (tertiary/aromatic N) is 1. The van der Waals surface area contributed by atoms with Crippen molar-refractivity contribution in [2.45, 2.75) is 52.2 Å². The normalized spacial score (nSPS) is 19.5. The van der Waals surface area contributed by atoms with Crippen LogP contribution in [0.2, 0.25) is 0 Å². The van der Waals surface area contributed by atoms with Gasteiger partial charge in [0.25, 0.3) is 5.91 Å². The summed E-state index contributed by atoms with van der Waals surface area (Å²) in [5.74, 6) is -0.234. The average molecular weight is 304 g/mol. The molecule has 1 aromatic rings. The number of carbonyl (C=O) groups excluding carboxylic acids is 2. The van der Waals surface area contributed by atoms with Crippen molar-refractivity contribution in [3.05, 3.63) is 34.9 Å². The number of benzene rings is 1. The van der Waals surface area contributed by atoms with Crippen LogP contribution in [-0.2, 0) is 4.79 Å². The number of aliphatic hydroxyl groups excluding tert-OH is 1. The Morgan fingerprint density at radius 2 is 1.86 bits per heavy atom. The van der Waals surface area contributed by atoms with Crippen LogP contribution in [0.4, 0.5) is 4.79 Å². The Balaban J connectivity index is 2.06. The molecule has 2 unspecified atom stereocenters. The highest BCUT2D eigenvalue weighted by Crippen LogP contribution is 2.21. The first-order chi connectivity index (χ1) is 10.4. The maximum Gasteiger partial charge on any atom is 0.324 e. The summed E-state index contributed by atoms with van der Waals surface area (Å²) >= 11 is 0. The van der Waals surface area contributed by atoms with Crippen LogP contribution < -0.4 is 5.32 Å². The third-order valence-corrected chi connectivity index (χ3v) is 3.94. The Bertz CT molecular complexity index is 551. The van der Waals surface area contributed by atoms with Gasteiger partial charge in [-0.2, -0.15) is 0 Å². The molecule has 1 fully saturated rings. The van der Waals surface area contributed by atoms with E-state index in [2.05, 4.69) is 5.32 Å². The molecule has 0 bridgehead atoms. The molecule has 0 radical (unpaired) electrons. The number of rotatable bonds is 6. The van der Waals surface area contributed by atoms with Gasteiger partial charge in [0.15, 0.2) is 0 Å². The van der Waals surface area contributed by atoms with E-state index in [4.69, 9.17) is 0 Å². The molecule has 1 aromatic carbocycles. The third-order valence-electron chi connectivity index (χ3n) is 3.94. The molecule has 0 aromatic heterocycles. The Morgan fingerprint density at radius 1 is 1.23 bits per heavy atom. The molecular formula is C17H24N2O3. The van der Waals surface area contributed by atoms with Crippen LogP contribution in [0, 0.1) is 13.8 Å². The van der Waals surface area contributed by atoms with Gasteiger partial charge in [-0.25, -0.2) is 4.79 Å². The van der Waals surface area contributed by atoms with E-state index < -0.39 is 18.2 Å². The van der Waals surface area contributed by atoms with Crippen LogP contribution in [0.5, 0.6) is 0 Å². The first kappa shape index (κ1) is 16.5. The van der Waals surface area contributed by atoms with Crippen molar-refractivity contribution < 1.29 is 14.7 Å². The SMILES string of the molecule is CCCCC1NC(=O)N(CC(O)c2cc(C)cc(C)c2)C1=O. The first-order valence-electron chi connectivity index (χ1n) is 7.80. The molecule has 1 saturated heterocycles. The van der Waals surface area contributed by atoms with E-state index >= 15 is 0 Å². The van der Waals surface area contributed by atoms with E-state index in [9.17, 15) is 14.7 Å². The van der Waals surface area contributed by atoms with Crippen molar-refractivity contribution in [2.24, 2.45) is 0 Å². The molecule has 5 nitrogen and oxygen atoms in total. The number of nitrogens with one attached hydrogen (secondary N) is 1. The van der Waals surface area contributed by atoms with Gasteiger partial charge in [0.1, 0.15) is 6.04 Å². The van der Waals surface area contributed by atoms with Gasteiger partial charge in [0.2, 0.25) is 0 Å². The number of imide groups is 1. The Labute approximate surface area is 131 Å². The summed E-state index contributed by atoms with van der Waals surface area (Å²) in [5.41, 5.74) is 2.83. The lowest BCUT2D eigenvalue weighted by Gasteiger charge is -2.19. The molecule has 1 aliphatic heterocycles. The second-order valence-corrected chi connectivity index (χ2v) is 6.03. The summed E-state index contributed by atoms with van der Waals surface area (Å²) in [6, 6.07) is 4.92. The molecule has 5 heteroatoms. The van der Waals surface area contributed by atoms with E-state index in [1.54, 1.807) is 0 Å². The Hall–Kier alpha value is -1.88. The largest absolute Gasteiger partial charge is 0.387 e. The molecule has 2 rings (SSSR count). The van der Waals surface area contributed by atoms with E-state index in [1.807, 2.05) is 39.0 Å². The number of urea groups is 1. The number of amides is 3. The number of carbonyl (C=O) groups is 2. The standard InChI is InChI=1S/C17H24N2O3/c1-4-5-6-14-16(21)19(17(22)18-14)10-15(20)13-8-11(2)7-12(3)9-13/h7-9,14-15,20H,4-6,10H2,1-3H3,(H,18,22). The Kier molecular flexibility index (Phi) is 5.19. The van der Waals surface area contributed by atoms with Crippen molar-refractivity contribution in [1.29, 1.82) is 0 Å². The zero-order chi connectivity index (χ0) is 16.3. The summed E-state index contributed by atoms with van der Waals surface area (Å²) in [4.78, 5) is 25.3. The van der Waals surface area contributed by atoms with Gasteiger partial charge in [-0.15, -0.1) is 0 Å². The summed E-state index contributed by atoms with van der Waals surface area (Å²) in [6.07, 6.45) is 1.66. The van der Waals surface area contributed by atoms with E-state index in [1.165, 1.54) is 0 Å². The molecule has 1 heterocycles. The molecular weight excluding hydrogens is 280 g/mol. The molecule has 22 heavy (non-hydrogen) atoms. The number of hydrogen-bond acceptors (Lipinski definition) is 3. The number of aryl methyl sites for hydroxylation is 2. The monoisotopic (exact) mass is 304 g/mol. The fourth-order valence-corrected chi connectivity index (χ4v) is 2.83. The quantitative estimate of drug-likeness (QED) is 0.793. The van der Waals surface area contributed by atoms with Crippen molar-refractivity contribution in [3.8, 4) is 0 Å². The lowest BCUT2D eigenvalue weighted by Crippen LogP contribution is -2.35. The highest BCUT2D eigenvalue weighted by molar-refractivity contribution is 6.04. The highest BCUT2D eigenvalue weighted by atomic mass is 16.3. The highest BCUT2D eigenvalue weighted by Gasteiger charge is 2.38. The lowest BCUT2D eigenvalue weighted by molar-refractivity contribution is -0.128. The molecule has 0 spiro atoms. The molecule has 2 atom stereocenters. The van der Waals surface area contributed by atoms with Crippen molar-refractivity contribution >= 4 is 11.9 Å². The summed E-state index contributed by atoms with van der Waals surface area (Å²) in [5, 5.41) is 13.0. The van der Waals surface area contributed by atoms with Crippen molar-refractivity contribution in [1.82, 2.24) is 10.2 Å². The van der Waals surface area contributed by atoms with Crippen LogP contribution in [0.1, 0.15) is 49.0 Å². The number of β-amino-alcohol motifs (C(OH)–C–C–N with tert-alkyl or cyclic N) is 1. The minimum absolute atomic E-state index is 0.00378. The predicted octanol–water partition coefficient (Wildman–Crippen LogP) is 2.45. The molecule has 0 aliphatic carbocycles. The van der Waals surface area contributed by atoms with Crippen LogP contribution in [0.3, 0.4) is 0 Å². The van der Waals surface area contributed by atoms with Crippen LogP contribution in [0.25, 0.3) is 0 Å².